The summed E-state index contributed by atoms with van der Waals surface area (Å²) in [5.41, 5.74) is 0.659. The first-order chi connectivity index (χ1) is 9.40. The van der Waals surface area contributed by atoms with Gasteiger partial charge in [0.05, 0.1) is 21.4 Å². The lowest BCUT2D eigenvalue weighted by molar-refractivity contribution is -0.387. The largest absolute Gasteiger partial charge is 0.392 e. The van der Waals surface area contributed by atoms with Crippen LogP contribution in [-0.2, 0) is 0 Å². The van der Waals surface area contributed by atoms with Crippen molar-refractivity contribution < 1.29 is 10.0 Å². The van der Waals surface area contributed by atoms with Crippen LogP contribution in [0.15, 0.2) is 33.8 Å². The molecule has 0 aliphatic heterocycles. The maximum atomic E-state index is 11.2. The van der Waals surface area contributed by atoms with Gasteiger partial charge in [-0.05, 0) is 25.1 Å². The molecule has 0 aliphatic carbocycles. The lowest BCUT2D eigenvalue weighted by atomic mass is 10.2. The molecule has 20 heavy (non-hydrogen) atoms. The van der Waals surface area contributed by atoms with Crippen LogP contribution in [0.5, 0.6) is 0 Å². The van der Waals surface area contributed by atoms with Crippen molar-refractivity contribution in [3.8, 4) is 0 Å². The predicted octanol–water partition coefficient (Wildman–Crippen LogP) is 3.77. The Kier molecular flexibility index (Phi) is 4.62. The summed E-state index contributed by atoms with van der Waals surface area (Å²) in [6.07, 6.45) is 0.711. The van der Waals surface area contributed by atoms with Crippen molar-refractivity contribution in [1.82, 2.24) is 4.98 Å². The number of thioether (sulfide) groups is 1. The van der Waals surface area contributed by atoms with Crippen LogP contribution in [0.2, 0.25) is 0 Å². The minimum Gasteiger partial charge on any atom is -0.392 e. The first-order valence-electron chi connectivity index (χ1n) is 5.97. The molecule has 2 unspecified atom stereocenters. The second-order valence-corrected chi connectivity index (χ2v) is 6.76. The smallest absolute Gasteiger partial charge is 0.301 e. The van der Waals surface area contributed by atoms with Crippen LogP contribution < -0.4 is 0 Å². The van der Waals surface area contributed by atoms with Gasteiger partial charge in [-0.3, -0.25) is 10.1 Å². The van der Waals surface area contributed by atoms with E-state index in [1.54, 1.807) is 13.0 Å². The summed E-state index contributed by atoms with van der Waals surface area (Å²) in [6, 6.07) is 5.46. The zero-order valence-corrected chi connectivity index (χ0v) is 13.3. The molecule has 0 spiro atoms. The molecule has 0 fully saturated rings. The monoisotopic (exact) mass is 356 g/mol. The van der Waals surface area contributed by atoms with Gasteiger partial charge in [0.25, 0.3) is 0 Å². The molecule has 2 rings (SSSR count). The number of hydrogen-bond donors (Lipinski definition) is 1. The van der Waals surface area contributed by atoms with E-state index in [9.17, 15) is 15.2 Å². The van der Waals surface area contributed by atoms with E-state index in [4.69, 9.17) is 0 Å². The zero-order chi connectivity index (χ0) is 14.9. The van der Waals surface area contributed by atoms with Gasteiger partial charge in [-0.2, -0.15) is 0 Å². The topological polar surface area (TPSA) is 76.3 Å². The van der Waals surface area contributed by atoms with Gasteiger partial charge in [0, 0.05) is 15.1 Å². The number of nitrogens with zero attached hydrogens (tertiary/aromatic N) is 2. The van der Waals surface area contributed by atoms with Gasteiger partial charge in [-0.15, -0.1) is 11.8 Å². The number of benzene rings is 1. The Morgan fingerprint density at radius 2 is 2.15 bits per heavy atom. The predicted molar refractivity (Wildman–Crippen MR) is 83.1 cm³/mol. The molecular weight excluding hydrogens is 344 g/mol. The van der Waals surface area contributed by atoms with Crippen molar-refractivity contribution in [1.29, 1.82) is 0 Å². The van der Waals surface area contributed by atoms with E-state index >= 15 is 0 Å². The van der Waals surface area contributed by atoms with E-state index in [1.165, 1.54) is 18.0 Å². The molecule has 0 aliphatic rings. The summed E-state index contributed by atoms with van der Waals surface area (Å²) in [5, 5.41) is 21.4. The van der Waals surface area contributed by atoms with Gasteiger partial charge in [-0.1, -0.05) is 22.9 Å². The molecular formula is C13H13BrN2O3S. The quantitative estimate of drug-likeness (QED) is 0.512. The average Bonchev–Trinajstić information content (AvgIpc) is 2.38. The van der Waals surface area contributed by atoms with Crippen molar-refractivity contribution in [3.05, 3.63) is 39.0 Å². The lowest BCUT2D eigenvalue weighted by Crippen LogP contribution is -2.15. The standard InChI is InChI=1S/C13H13BrN2O3S/c1-7(17)8(2)20-13-10-5-9(14)3-4-11(10)15-6-12(13)16(18)19/h3-8,17H,1-2H3. The number of hydrogen-bond acceptors (Lipinski definition) is 5. The maximum Gasteiger partial charge on any atom is 0.301 e. The Morgan fingerprint density at radius 1 is 1.45 bits per heavy atom. The number of fused-ring (bicyclic) bond motifs is 1. The van der Waals surface area contributed by atoms with Crippen molar-refractivity contribution in [3.63, 3.8) is 0 Å². The SMILES string of the molecule is CC(O)C(C)Sc1c([N+](=O)[O-])cnc2ccc(Br)cc12. The first kappa shape index (κ1) is 15.2. The number of halogens is 1. The van der Waals surface area contributed by atoms with Crippen LogP contribution in [0.3, 0.4) is 0 Å². The Hall–Kier alpha value is -1.18. The molecule has 2 aromatic rings. The van der Waals surface area contributed by atoms with Crippen LogP contribution >= 0.6 is 27.7 Å². The van der Waals surface area contributed by atoms with Gasteiger partial charge < -0.3 is 5.11 Å². The summed E-state index contributed by atoms with van der Waals surface area (Å²) < 4.78 is 0.832. The molecule has 1 N–H and O–H groups in total. The summed E-state index contributed by atoms with van der Waals surface area (Å²) >= 11 is 4.66. The van der Waals surface area contributed by atoms with E-state index in [0.29, 0.717) is 15.8 Å². The summed E-state index contributed by atoms with van der Waals surface area (Å²) in [7, 11) is 0. The molecule has 1 heterocycles. The molecule has 0 saturated carbocycles. The number of aromatic nitrogens is 1. The van der Waals surface area contributed by atoms with Crippen molar-refractivity contribution >= 4 is 44.3 Å². The van der Waals surface area contributed by atoms with Crippen LogP contribution in [0.4, 0.5) is 5.69 Å². The Balaban J connectivity index is 2.64. The Labute approximate surface area is 128 Å². The second kappa shape index (κ2) is 6.07. The van der Waals surface area contributed by atoms with Crippen LogP contribution in [0.25, 0.3) is 10.9 Å². The fourth-order valence-corrected chi connectivity index (χ4v) is 3.14. The zero-order valence-electron chi connectivity index (χ0n) is 10.9. The Morgan fingerprint density at radius 3 is 2.75 bits per heavy atom. The third-order valence-corrected chi connectivity index (χ3v) is 4.87. The molecule has 7 heteroatoms. The van der Waals surface area contributed by atoms with Crippen LogP contribution in [-0.4, -0.2) is 26.4 Å². The minimum absolute atomic E-state index is 0.0342. The lowest BCUT2D eigenvalue weighted by Gasteiger charge is -2.15. The van der Waals surface area contributed by atoms with Gasteiger partial charge in [-0.25, -0.2) is 4.98 Å². The highest BCUT2D eigenvalue weighted by Gasteiger charge is 2.22. The molecule has 2 atom stereocenters. The Bertz CT molecular complexity index is 663. The fraction of sp³-hybridized carbons (Fsp3) is 0.308. The molecule has 1 aromatic heterocycles. The summed E-state index contributed by atoms with van der Waals surface area (Å²) in [6.45, 7) is 3.51. The molecule has 0 amide bonds. The van der Waals surface area contributed by atoms with Crippen LogP contribution in [0, 0.1) is 10.1 Å². The normalized spacial score (nSPS) is 14.2. The average molecular weight is 357 g/mol. The third kappa shape index (κ3) is 3.11. The number of rotatable bonds is 4. The van der Waals surface area contributed by atoms with E-state index in [0.717, 1.165) is 4.47 Å². The third-order valence-electron chi connectivity index (χ3n) is 2.94. The summed E-state index contributed by atoms with van der Waals surface area (Å²) in [5.74, 6) is 0. The van der Waals surface area contributed by atoms with Gasteiger partial charge in [0.1, 0.15) is 6.20 Å². The second-order valence-electron chi connectivity index (χ2n) is 4.45. The molecule has 106 valence electrons. The summed E-state index contributed by atoms with van der Waals surface area (Å²) in [4.78, 5) is 15.4. The van der Waals surface area contributed by atoms with Gasteiger partial charge >= 0.3 is 5.69 Å². The number of aliphatic hydroxyl groups is 1. The molecule has 1 aromatic carbocycles. The van der Waals surface area contributed by atoms with Gasteiger partial charge in [0.2, 0.25) is 0 Å². The maximum absolute atomic E-state index is 11.2. The number of aliphatic hydroxyl groups excluding tert-OH is 1. The molecule has 0 bridgehead atoms. The van der Waals surface area contributed by atoms with Crippen molar-refractivity contribution in [2.75, 3.05) is 0 Å². The van der Waals surface area contributed by atoms with E-state index < -0.39 is 11.0 Å². The van der Waals surface area contributed by atoms with Gasteiger partial charge in [0.15, 0.2) is 0 Å². The highest BCUT2D eigenvalue weighted by Crippen LogP contribution is 2.38. The van der Waals surface area contributed by atoms with Crippen molar-refractivity contribution in [2.45, 2.75) is 30.1 Å². The van der Waals surface area contributed by atoms with E-state index in [2.05, 4.69) is 20.9 Å². The highest BCUT2D eigenvalue weighted by atomic mass is 79.9. The molecule has 5 nitrogen and oxygen atoms in total. The highest BCUT2D eigenvalue weighted by molar-refractivity contribution is 9.10. The van der Waals surface area contributed by atoms with Crippen LogP contribution in [0.1, 0.15) is 13.8 Å². The first-order valence-corrected chi connectivity index (χ1v) is 7.64. The fourth-order valence-electron chi connectivity index (χ4n) is 1.67. The molecule has 0 radical (unpaired) electrons. The van der Waals surface area contributed by atoms with Crippen molar-refractivity contribution in [2.24, 2.45) is 0 Å². The van der Waals surface area contributed by atoms with E-state index in [1.807, 2.05) is 19.1 Å². The number of nitro groups is 1. The molecule has 0 saturated heterocycles. The minimum atomic E-state index is -0.560. The van der Waals surface area contributed by atoms with E-state index in [-0.39, 0.29) is 10.9 Å². The number of pyridine rings is 1.